The van der Waals surface area contributed by atoms with E-state index >= 15 is 0 Å². The molecule has 0 amide bonds. The fourth-order valence-electron chi connectivity index (χ4n) is 1.35. The van der Waals surface area contributed by atoms with E-state index in [1.165, 1.54) is 0 Å². The zero-order chi connectivity index (χ0) is 11.3. The summed E-state index contributed by atoms with van der Waals surface area (Å²) in [4.78, 5) is 11.2. The zero-order valence-electron chi connectivity index (χ0n) is 8.18. The van der Waals surface area contributed by atoms with Crippen LogP contribution in [-0.4, -0.2) is 38.4 Å². The van der Waals surface area contributed by atoms with Crippen LogP contribution in [0.3, 0.4) is 0 Å². The molecule has 0 N–H and O–H groups in total. The Morgan fingerprint density at radius 3 is 2.80 bits per heavy atom. The number of ketones is 1. The number of alkyl halides is 3. The molecule has 1 saturated heterocycles. The minimum absolute atomic E-state index is 0.0526. The minimum Gasteiger partial charge on any atom is -0.380 e. The van der Waals surface area contributed by atoms with Gasteiger partial charge < -0.3 is 9.47 Å². The molecule has 1 atom stereocenters. The molecule has 0 radical (unpaired) electrons. The first-order chi connectivity index (χ1) is 6.99. The van der Waals surface area contributed by atoms with Crippen molar-refractivity contribution in [2.24, 2.45) is 5.92 Å². The Morgan fingerprint density at radius 2 is 2.20 bits per heavy atom. The molecule has 1 fully saturated rings. The van der Waals surface area contributed by atoms with E-state index in [0.29, 0.717) is 26.1 Å². The molecule has 1 rings (SSSR count). The molecule has 0 aromatic carbocycles. The van der Waals surface area contributed by atoms with Gasteiger partial charge in [-0.25, -0.2) is 0 Å². The maximum absolute atomic E-state index is 11.7. The van der Waals surface area contributed by atoms with E-state index in [9.17, 15) is 18.0 Å². The molecule has 0 aliphatic carbocycles. The number of hydrogen-bond donors (Lipinski definition) is 0. The summed E-state index contributed by atoms with van der Waals surface area (Å²) in [5, 5.41) is 0. The molecule has 88 valence electrons. The van der Waals surface area contributed by atoms with E-state index in [0.717, 1.165) is 0 Å². The van der Waals surface area contributed by atoms with Crippen LogP contribution in [0.1, 0.15) is 12.8 Å². The van der Waals surface area contributed by atoms with Crippen molar-refractivity contribution in [2.75, 3.05) is 26.4 Å². The highest BCUT2D eigenvalue weighted by Crippen LogP contribution is 2.17. The second kappa shape index (κ2) is 5.46. The van der Waals surface area contributed by atoms with Gasteiger partial charge in [0, 0.05) is 18.9 Å². The molecule has 1 unspecified atom stereocenters. The topological polar surface area (TPSA) is 35.5 Å². The molecule has 0 saturated carbocycles. The summed E-state index contributed by atoms with van der Waals surface area (Å²) in [5.41, 5.74) is 0. The molecule has 0 bridgehead atoms. The number of carbonyl (C=O) groups is 1. The van der Waals surface area contributed by atoms with E-state index in [4.69, 9.17) is 4.74 Å². The Kier molecular flexibility index (Phi) is 4.53. The largest absolute Gasteiger partial charge is 0.411 e. The van der Waals surface area contributed by atoms with Gasteiger partial charge in [0.05, 0.1) is 13.2 Å². The Hall–Kier alpha value is -0.620. The summed E-state index contributed by atoms with van der Waals surface area (Å²) in [6.07, 6.45) is -3.65. The minimum atomic E-state index is -4.30. The van der Waals surface area contributed by atoms with Crippen LogP contribution in [0.15, 0.2) is 0 Å². The van der Waals surface area contributed by atoms with E-state index in [1.54, 1.807) is 0 Å². The van der Waals surface area contributed by atoms with Crippen molar-refractivity contribution in [1.82, 2.24) is 0 Å². The third kappa shape index (κ3) is 5.13. The smallest absolute Gasteiger partial charge is 0.380 e. The molecule has 1 heterocycles. The van der Waals surface area contributed by atoms with E-state index in [2.05, 4.69) is 4.74 Å². The van der Waals surface area contributed by atoms with Gasteiger partial charge in [0.2, 0.25) is 0 Å². The molecule has 0 aromatic rings. The van der Waals surface area contributed by atoms with Crippen LogP contribution in [0, 0.1) is 5.92 Å². The predicted octanol–water partition coefficient (Wildman–Crippen LogP) is 1.56. The van der Waals surface area contributed by atoms with Crippen molar-refractivity contribution < 1.29 is 27.4 Å². The van der Waals surface area contributed by atoms with Gasteiger partial charge in [-0.15, -0.1) is 0 Å². The van der Waals surface area contributed by atoms with Crippen molar-refractivity contribution in [3.05, 3.63) is 0 Å². The van der Waals surface area contributed by atoms with Gasteiger partial charge in [-0.3, -0.25) is 4.79 Å². The van der Waals surface area contributed by atoms with Crippen molar-refractivity contribution in [3.63, 3.8) is 0 Å². The summed E-state index contributed by atoms with van der Waals surface area (Å²) < 4.78 is 44.5. The summed E-state index contributed by atoms with van der Waals surface area (Å²) in [5.74, 6) is -0.246. The van der Waals surface area contributed by atoms with Crippen LogP contribution in [-0.2, 0) is 14.3 Å². The molecule has 0 aromatic heterocycles. The molecular weight excluding hydrogens is 213 g/mol. The Labute approximate surface area is 85.5 Å². The van der Waals surface area contributed by atoms with Crippen LogP contribution in [0.25, 0.3) is 0 Å². The van der Waals surface area contributed by atoms with Crippen molar-refractivity contribution >= 4 is 5.78 Å². The van der Waals surface area contributed by atoms with Crippen molar-refractivity contribution in [2.45, 2.75) is 19.0 Å². The van der Waals surface area contributed by atoms with E-state index < -0.39 is 12.8 Å². The van der Waals surface area contributed by atoms with E-state index in [-0.39, 0.29) is 18.3 Å². The lowest BCUT2D eigenvalue weighted by Gasteiger charge is -2.20. The summed E-state index contributed by atoms with van der Waals surface area (Å²) in [6.45, 7) is -0.596. The number of halogens is 3. The van der Waals surface area contributed by atoms with Crippen LogP contribution in [0.2, 0.25) is 0 Å². The molecular formula is C9H13F3O3. The standard InChI is InChI=1S/C9H13F3O3/c10-9(11,12)6-15-3-1-7-5-14-4-2-8(7)13/h7H,1-6H2. The van der Waals surface area contributed by atoms with Crippen molar-refractivity contribution in [3.8, 4) is 0 Å². The molecule has 15 heavy (non-hydrogen) atoms. The number of rotatable bonds is 4. The van der Waals surface area contributed by atoms with E-state index in [1.807, 2.05) is 0 Å². The zero-order valence-corrected chi connectivity index (χ0v) is 8.18. The number of hydrogen-bond acceptors (Lipinski definition) is 3. The first-order valence-corrected chi connectivity index (χ1v) is 4.74. The fourth-order valence-corrected chi connectivity index (χ4v) is 1.35. The number of Topliss-reactive ketones (excluding diaryl/α,β-unsaturated/α-hetero) is 1. The van der Waals surface area contributed by atoms with Gasteiger partial charge >= 0.3 is 6.18 Å². The number of ether oxygens (including phenoxy) is 2. The Bertz CT molecular complexity index is 215. The summed E-state index contributed by atoms with van der Waals surface area (Å²) in [7, 11) is 0. The second-order valence-corrected chi connectivity index (χ2v) is 3.44. The third-order valence-corrected chi connectivity index (χ3v) is 2.14. The lowest BCUT2D eigenvalue weighted by atomic mass is 9.98. The highest BCUT2D eigenvalue weighted by Gasteiger charge is 2.28. The quantitative estimate of drug-likeness (QED) is 0.682. The Morgan fingerprint density at radius 1 is 1.47 bits per heavy atom. The van der Waals surface area contributed by atoms with Gasteiger partial charge in [-0.2, -0.15) is 13.2 Å². The highest BCUT2D eigenvalue weighted by atomic mass is 19.4. The summed E-state index contributed by atoms with van der Waals surface area (Å²) in [6, 6.07) is 0. The van der Waals surface area contributed by atoms with Gasteiger partial charge in [-0.05, 0) is 6.42 Å². The SMILES string of the molecule is O=C1CCOCC1CCOCC(F)(F)F. The molecule has 0 spiro atoms. The van der Waals surface area contributed by atoms with Crippen LogP contribution in [0.5, 0.6) is 0 Å². The lowest BCUT2D eigenvalue weighted by molar-refractivity contribution is -0.175. The predicted molar refractivity (Wildman–Crippen MR) is 45.4 cm³/mol. The third-order valence-electron chi connectivity index (χ3n) is 2.14. The number of carbonyl (C=O) groups excluding carboxylic acids is 1. The van der Waals surface area contributed by atoms with Gasteiger partial charge in [-0.1, -0.05) is 0 Å². The molecule has 3 nitrogen and oxygen atoms in total. The Balaban J connectivity index is 2.11. The average molecular weight is 226 g/mol. The maximum atomic E-state index is 11.7. The van der Waals surface area contributed by atoms with Gasteiger partial charge in [0.1, 0.15) is 12.4 Å². The average Bonchev–Trinajstić information content (AvgIpc) is 2.13. The molecule has 1 aliphatic heterocycles. The summed E-state index contributed by atoms with van der Waals surface area (Å²) >= 11 is 0. The maximum Gasteiger partial charge on any atom is 0.411 e. The second-order valence-electron chi connectivity index (χ2n) is 3.44. The highest BCUT2D eigenvalue weighted by molar-refractivity contribution is 5.81. The van der Waals surface area contributed by atoms with Gasteiger partial charge in [0.15, 0.2) is 0 Å². The molecule has 6 heteroatoms. The van der Waals surface area contributed by atoms with Crippen molar-refractivity contribution in [1.29, 1.82) is 0 Å². The lowest BCUT2D eigenvalue weighted by Crippen LogP contribution is -2.29. The normalized spacial score (nSPS) is 23.1. The van der Waals surface area contributed by atoms with Gasteiger partial charge in [0.25, 0.3) is 0 Å². The van der Waals surface area contributed by atoms with Crippen LogP contribution in [0.4, 0.5) is 13.2 Å². The monoisotopic (exact) mass is 226 g/mol. The van der Waals surface area contributed by atoms with Crippen LogP contribution < -0.4 is 0 Å². The fraction of sp³-hybridized carbons (Fsp3) is 0.889. The van der Waals surface area contributed by atoms with Crippen LogP contribution >= 0.6 is 0 Å². The molecule has 1 aliphatic rings. The first-order valence-electron chi connectivity index (χ1n) is 4.74. The first kappa shape index (κ1) is 12.4.